The molecule has 0 aromatic heterocycles. The molecular formula is C18H23Cl2N. The van der Waals surface area contributed by atoms with Crippen molar-refractivity contribution in [3.05, 3.63) is 70.2 Å². The predicted molar refractivity (Wildman–Crippen MR) is 94.6 cm³/mol. The Balaban J connectivity index is 0.00000220. The smallest absolute Gasteiger partial charge is 0.0406 e. The molecule has 0 aliphatic carbocycles. The standard InChI is InChI=1S/C18H22ClN.ClH/c1-14(2)17-7-3-16(4-8-17)13-20-12-11-15-5-9-18(19)10-6-15;/h3-10,14,20H,11-13H2,1-2H3;1H. The van der Waals surface area contributed by atoms with Crippen LogP contribution in [0, 0.1) is 0 Å². The number of rotatable bonds is 6. The second kappa shape index (κ2) is 9.09. The first kappa shape index (κ1) is 18.0. The fourth-order valence-electron chi connectivity index (χ4n) is 2.14. The van der Waals surface area contributed by atoms with Gasteiger partial charge in [0.05, 0.1) is 0 Å². The van der Waals surface area contributed by atoms with Crippen molar-refractivity contribution in [2.75, 3.05) is 6.54 Å². The molecule has 0 saturated carbocycles. The minimum Gasteiger partial charge on any atom is -0.312 e. The van der Waals surface area contributed by atoms with Crippen LogP contribution in [0.5, 0.6) is 0 Å². The van der Waals surface area contributed by atoms with E-state index in [1.165, 1.54) is 16.7 Å². The number of hydrogen-bond acceptors (Lipinski definition) is 1. The van der Waals surface area contributed by atoms with Gasteiger partial charge in [-0.05, 0) is 47.7 Å². The topological polar surface area (TPSA) is 12.0 Å². The highest BCUT2D eigenvalue weighted by atomic mass is 35.5. The van der Waals surface area contributed by atoms with Gasteiger partial charge in [0.2, 0.25) is 0 Å². The molecule has 21 heavy (non-hydrogen) atoms. The van der Waals surface area contributed by atoms with Crippen LogP contribution in [0.2, 0.25) is 5.02 Å². The van der Waals surface area contributed by atoms with Crippen LogP contribution < -0.4 is 5.32 Å². The highest BCUT2D eigenvalue weighted by Crippen LogP contribution is 2.14. The Morgan fingerprint density at radius 3 is 2.05 bits per heavy atom. The van der Waals surface area contributed by atoms with Gasteiger partial charge in [0.25, 0.3) is 0 Å². The highest BCUT2D eigenvalue weighted by Gasteiger charge is 1.99. The van der Waals surface area contributed by atoms with Crippen molar-refractivity contribution >= 4 is 24.0 Å². The Kier molecular flexibility index (Phi) is 7.81. The lowest BCUT2D eigenvalue weighted by Crippen LogP contribution is -2.16. The molecule has 0 fully saturated rings. The Morgan fingerprint density at radius 2 is 1.48 bits per heavy atom. The number of nitrogens with one attached hydrogen (secondary N) is 1. The van der Waals surface area contributed by atoms with Gasteiger partial charge in [-0.2, -0.15) is 0 Å². The number of halogens is 2. The van der Waals surface area contributed by atoms with Crippen LogP contribution in [0.15, 0.2) is 48.5 Å². The van der Waals surface area contributed by atoms with Crippen LogP contribution in [0.3, 0.4) is 0 Å². The van der Waals surface area contributed by atoms with Gasteiger partial charge in [0.15, 0.2) is 0 Å². The normalized spacial score (nSPS) is 10.5. The van der Waals surface area contributed by atoms with E-state index in [2.05, 4.69) is 55.6 Å². The maximum absolute atomic E-state index is 5.87. The van der Waals surface area contributed by atoms with E-state index in [9.17, 15) is 0 Å². The summed E-state index contributed by atoms with van der Waals surface area (Å²) in [6.45, 7) is 6.35. The predicted octanol–water partition coefficient (Wildman–Crippen LogP) is 5.22. The van der Waals surface area contributed by atoms with Crippen LogP contribution in [0.1, 0.15) is 36.5 Å². The lowest BCUT2D eigenvalue weighted by Gasteiger charge is -2.08. The molecule has 2 aromatic carbocycles. The molecule has 0 radical (unpaired) electrons. The number of benzene rings is 2. The quantitative estimate of drug-likeness (QED) is 0.719. The molecule has 0 unspecified atom stereocenters. The second-order valence-electron chi connectivity index (χ2n) is 5.45. The van der Waals surface area contributed by atoms with Crippen LogP contribution >= 0.6 is 24.0 Å². The molecule has 3 heteroatoms. The third-order valence-electron chi connectivity index (χ3n) is 3.48. The molecule has 0 saturated heterocycles. The minimum atomic E-state index is 0. The minimum absolute atomic E-state index is 0. The van der Waals surface area contributed by atoms with E-state index < -0.39 is 0 Å². The fourth-order valence-corrected chi connectivity index (χ4v) is 2.26. The summed E-state index contributed by atoms with van der Waals surface area (Å²) in [5, 5.41) is 4.28. The van der Waals surface area contributed by atoms with Gasteiger partial charge < -0.3 is 5.32 Å². The van der Waals surface area contributed by atoms with Gasteiger partial charge in [0.1, 0.15) is 0 Å². The summed E-state index contributed by atoms with van der Waals surface area (Å²) >= 11 is 5.87. The molecule has 1 nitrogen and oxygen atoms in total. The second-order valence-corrected chi connectivity index (χ2v) is 5.89. The van der Waals surface area contributed by atoms with E-state index in [1.54, 1.807) is 0 Å². The molecule has 0 amide bonds. The zero-order valence-electron chi connectivity index (χ0n) is 12.6. The Morgan fingerprint density at radius 1 is 0.905 bits per heavy atom. The number of hydrogen-bond donors (Lipinski definition) is 1. The van der Waals surface area contributed by atoms with Crippen molar-refractivity contribution in [3.63, 3.8) is 0 Å². The molecule has 0 aliphatic rings. The summed E-state index contributed by atoms with van der Waals surface area (Å²) in [6, 6.07) is 16.9. The van der Waals surface area contributed by atoms with E-state index in [4.69, 9.17) is 11.6 Å². The van der Waals surface area contributed by atoms with Crippen molar-refractivity contribution in [3.8, 4) is 0 Å². The molecular weight excluding hydrogens is 301 g/mol. The third-order valence-corrected chi connectivity index (χ3v) is 3.73. The van der Waals surface area contributed by atoms with Crippen molar-refractivity contribution < 1.29 is 0 Å². The lowest BCUT2D eigenvalue weighted by molar-refractivity contribution is 0.686. The van der Waals surface area contributed by atoms with Gasteiger partial charge in [-0.3, -0.25) is 0 Å². The van der Waals surface area contributed by atoms with Crippen LogP contribution in [-0.4, -0.2) is 6.54 Å². The van der Waals surface area contributed by atoms with E-state index in [1.807, 2.05) is 12.1 Å². The molecule has 0 aliphatic heterocycles. The average Bonchev–Trinajstić information content (AvgIpc) is 2.46. The summed E-state index contributed by atoms with van der Waals surface area (Å²) in [6.07, 6.45) is 1.03. The van der Waals surface area contributed by atoms with Crippen molar-refractivity contribution in [2.24, 2.45) is 0 Å². The van der Waals surface area contributed by atoms with Crippen LogP contribution in [0.25, 0.3) is 0 Å². The summed E-state index contributed by atoms with van der Waals surface area (Å²) in [5.74, 6) is 0.599. The lowest BCUT2D eigenvalue weighted by atomic mass is 10.0. The zero-order valence-corrected chi connectivity index (χ0v) is 14.2. The van der Waals surface area contributed by atoms with Gasteiger partial charge in [-0.15, -0.1) is 12.4 Å². The van der Waals surface area contributed by atoms with E-state index >= 15 is 0 Å². The van der Waals surface area contributed by atoms with Crippen LogP contribution in [0.4, 0.5) is 0 Å². The molecule has 2 rings (SSSR count). The summed E-state index contributed by atoms with van der Waals surface area (Å²) < 4.78 is 0. The Hall–Kier alpha value is -1.02. The van der Waals surface area contributed by atoms with Crippen molar-refractivity contribution in [2.45, 2.75) is 32.7 Å². The van der Waals surface area contributed by atoms with Gasteiger partial charge in [-0.25, -0.2) is 0 Å². The highest BCUT2D eigenvalue weighted by molar-refractivity contribution is 6.30. The summed E-state index contributed by atoms with van der Waals surface area (Å²) in [4.78, 5) is 0. The molecule has 0 heterocycles. The summed E-state index contributed by atoms with van der Waals surface area (Å²) in [5.41, 5.74) is 4.05. The van der Waals surface area contributed by atoms with E-state index in [0.29, 0.717) is 5.92 Å². The van der Waals surface area contributed by atoms with Crippen molar-refractivity contribution in [1.82, 2.24) is 5.32 Å². The van der Waals surface area contributed by atoms with Crippen LogP contribution in [-0.2, 0) is 13.0 Å². The third kappa shape index (κ3) is 6.09. The zero-order chi connectivity index (χ0) is 14.4. The molecule has 0 atom stereocenters. The summed E-state index contributed by atoms with van der Waals surface area (Å²) in [7, 11) is 0. The Bertz CT molecular complexity index is 518. The maximum atomic E-state index is 5.87. The van der Waals surface area contributed by atoms with E-state index in [0.717, 1.165) is 24.5 Å². The largest absolute Gasteiger partial charge is 0.312 e. The average molecular weight is 324 g/mol. The molecule has 2 aromatic rings. The monoisotopic (exact) mass is 323 g/mol. The van der Waals surface area contributed by atoms with Gasteiger partial charge in [-0.1, -0.05) is 61.8 Å². The molecule has 0 bridgehead atoms. The first-order chi connectivity index (χ1) is 9.65. The van der Waals surface area contributed by atoms with Crippen molar-refractivity contribution in [1.29, 1.82) is 0 Å². The molecule has 1 N–H and O–H groups in total. The fraction of sp³-hybridized carbons (Fsp3) is 0.333. The first-order valence-corrected chi connectivity index (χ1v) is 7.57. The van der Waals surface area contributed by atoms with E-state index in [-0.39, 0.29) is 12.4 Å². The Labute approximate surface area is 139 Å². The van der Waals surface area contributed by atoms with Gasteiger partial charge in [0, 0.05) is 11.6 Å². The van der Waals surface area contributed by atoms with Gasteiger partial charge >= 0.3 is 0 Å². The first-order valence-electron chi connectivity index (χ1n) is 7.19. The SMILES string of the molecule is CC(C)c1ccc(CNCCc2ccc(Cl)cc2)cc1.Cl. The maximum Gasteiger partial charge on any atom is 0.0406 e. The molecule has 114 valence electrons. The molecule has 0 spiro atoms.